The minimum Gasteiger partial charge on any atom is -0.371 e. The highest BCUT2D eigenvalue weighted by molar-refractivity contribution is 9.10. The smallest absolute Gasteiger partial charge is 0.0952 e. The van der Waals surface area contributed by atoms with Crippen LogP contribution in [0.25, 0.3) is 0 Å². The van der Waals surface area contributed by atoms with Gasteiger partial charge < -0.3 is 10.5 Å². The molecule has 1 aliphatic rings. The molecule has 1 fully saturated rings. The van der Waals surface area contributed by atoms with Gasteiger partial charge in [0.05, 0.1) is 12.7 Å². The maximum atomic E-state index is 6.08. The molecule has 1 aliphatic heterocycles. The lowest BCUT2D eigenvalue weighted by Gasteiger charge is -2.36. The fourth-order valence-corrected chi connectivity index (χ4v) is 2.75. The molecule has 19 heavy (non-hydrogen) atoms. The average Bonchev–Trinajstić information content (AvgIpc) is 2.27. The molecule has 1 heterocycles. The quantitative estimate of drug-likeness (QED) is 0.912. The number of hydrogen-bond donors (Lipinski definition) is 1. The third-order valence-corrected chi connectivity index (χ3v) is 3.50. The summed E-state index contributed by atoms with van der Waals surface area (Å²) in [5.41, 5.74) is 7.16. The first-order chi connectivity index (χ1) is 8.44. The fourth-order valence-electron chi connectivity index (χ4n) is 2.33. The zero-order valence-corrected chi connectivity index (χ0v) is 13.8. The van der Waals surface area contributed by atoms with Gasteiger partial charge in [0.25, 0.3) is 0 Å². The second-order valence-electron chi connectivity index (χ2n) is 5.64. The molecule has 0 bridgehead atoms. The van der Waals surface area contributed by atoms with Gasteiger partial charge >= 0.3 is 0 Å². The molecule has 2 rings (SSSR count). The lowest BCUT2D eigenvalue weighted by atomic mass is 10.0. The van der Waals surface area contributed by atoms with Gasteiger partial charge in [0.15, 0.2) is 0 Å². The highest BCUT2D eigenvalue weighted by atomic mass is 79.9. The Labute approximate surface area is 130 Å². The second kappa shape index (κ2) is 7.04. The van der Waals surface area contributed by atoms with Crippen LogP contribution in [-0.2, 0) is 4.74 Å². The summed E-state index contributed by atoms with van der Waals surface area (Å²) in [7, 11) is 0. The summed E-state index contributed by atoms with van der Waals surface area (Å²) in [6, 6.07) is 8.33. The van der Waals surface area contributed by atoms with E-state index < -0.39 is 0 Å². The fraction of sp³-hybridized carbons (Fsp3) is 0.571. The first kappa shape index (κ1) is 16.9. The van der Waals surface area contributed by atoms with Crippen LogP contribution in [0.2, 0.25) is 0 Å². The molecule has 0 amide bonds. The van der Waals surface area contributed by atoms with E-state index in [0.717, 1.165) is 30.7 Å². The van der Waals surface area contributed by atoms with Crippen molar-refractivity contribution in [3.05, 3.63) is 34.3 Å². The van der Waals surface area contributed by atoms with Crippen molar-refractivity contribution in [2.45, 2.75) is 25.5 Å². The first-order valence-corrected chi connectivity index (χ1v) is 7.12. The molecule has 0 saturated carbocycles. The molecule has 1 aromatic carbocycles. The Morgan fingerprint density at radius 1 is 1.47 bits per heavy atom. The zero-order chi connectivity index (χ0) is 13.2. The molecule has 0 radical (unpaired) electrons. The molecule has 3 nitrogen and oxygen atoms in total. The molecule has 1 saturated heterocycles. The van der Waals surface area contributed by atoms with Crippen molar-refractivity contribution in [2.24, 2.45) is 5.73 Å². The van der Waals surface area contributed by atoms with Crippen LogP contribution < -0.4 is 5.73 Å². The van der Waals surface area contributed by atoms with E-state index in [4.69, 9.17) is 10.5 Å². The van der Waals surface area contributed by atoms with Crippen molar-refractivity contribution >= 4 is 28.3 Å². The minimum absolute atomic E-state index is 0. The van der Waals surface area contributed by atoms with Gasteiger partial charge in [-0.3, -0.25) is 4.90 Å². The molecular formula is C14H22BrClN2O. The molecule has 0 aliphatic carbocycles. The van der Waals surface area contributed by atoms with Gasteiger partial charge in [0.2, 0.25) is 0 Å². The summed E-state index contributed by atoms with van der Waals surface area (Å²) in [6.45, 7) is 7.68. The van der Waals surface area contributed by atoms with E-state index in [1.54, 1.807) is 0 Å². The summed E-state index contributed by atoms with van der Waals surface area (Å²) < 4.78 is 6.96. The summed E-state index contributed by atoms with van der Waals surface area (Å²) in [6.07, 6.45) is 0.151. The lowest BCUT2D eigenvalue weighted by molar-refractivity contribution is -0.0347. The molecule has 1 atom stereocenters. The highest BCUT2D eigenvalue weighted by Crippen LogP contribution is 2.25. The topological polar surface area (TPSA) is 38.5 Å². The van der Waals surface area contributed by atoms with Gasteiger partial charge in [-0.05, 0) is 31.5 Å². The van der Waals surface area contributed by atoms with E-state index in [0.29, 0.717) is 0 Å². The van der Waals surface area contributed by atoms with Crippen LogP contribution in [0.1, 0.15) is 25.5 Å². The van der Waals surface area contributed by atoms with Gasteiger partial charge in [0, 0.05) is 29.6 Å². The van der Waals surface area contributed by atoms with E-state index in [1.807, 2.05) is 6.07 Å². The Balaban J connectivity index is 0.00000180. The third kappa shape index (κ3) is 5.40. The molecule has 1 unspecified atom stereocenters. The van der Waals surface area contributed by atoms with Crippen molar-refractivity contribution < 1.29 is 4.74 Å². The Morgan fingerprint density at radius 2 is 2.21 bits per heavy atom. The molecule has 5 heteroatoms. The Bertz CT molecular complexity index is 409. The van der Waals surface area contributed by atoms with Gasteiger partial charge in [-0.15, -0.1) is 12.4 Å². The number of benzene rings is 1. The Morgan fingerprint density at radius 3 is 2.84 bits per heavy atom. The molecule has 0 spiro atoms. The summed E-state index contributed by atoms with van der Waals surface area (Å²) >= 11 is 3.50. The Hall–Kier alpha value is -0.130. The number of halogens is 2. The average molecular weight is 350 g/mol. The van der Waals surface area contributed by atoms with Crippen LogP contribution in [0.4, 0.5) is 0 Å². The van der Waals surface area contributed by atoms with Crippen LogP contribution >= 0.6 is 28.3 Å². The van der Waals surface area contributed by atoms with Crippen molar-refractivity contribution in [1.29, 1.82) is 0 Å². The molecule has 1 aromatic rings. The van der Waals surface area contributed by atoms with Gasteiger partial charge in [0.1, 0.15) is 0 Å². The SMILES string of the molecule is CC(C)(N)CN1CCOC(c2cccc(Br)c2)C1.Cl. The van der Waals surface area contributed by atoms with Crippen molar-refractivity contribution in [3.63, 3.8) is 0 Å². The number of ether oxygens (including phenoxy) is 1. The number of nitrogens with zero attached hydrogens (tertiary/aromatic N) is 1. The van der Waals surface area contributed by atoms with E-state index in [1.165, 1.54) is 5.56 Å². The largest absolute Gasteiger partial charge is 0.371 e. The Kier molecular flexibility index (Phi) is 6.27. The predicted octanol–water partition coefficient (Wildman–Crippen LogP) is 2.98. The van der Waals surface area contributed by atoms with Crippen molar-refractivity contribution in [2.75, 3.05) is 26.2 Å². The van der Waals surface area contributed by atoms with Crippen LogP contribution in [0.3, 0.4) is 0 Å². The first-order valence-electron chi connectivity index (χ1n) is 6.32. The van der Waals surface area contributed by atoms with Crippen molar-refractivity contribution in [3.8, 4) is 0 Å². The van der Waals surface area contributed by atoms with Gasteiger partial charge in [-0.2, -0.15) is 0 Å². The number of morpholine rings is 1. The van der Waals surface area contributed by atoms with E-state index in [2.05, 4.69) is 52.9 Å². The van der Waals surface area contributed by atoms with E-state index in [9.17, 15) is 0 Å². The predicted molar refractivity (Wildman–Crippen MR) is 84.8 cm³/mol. The maximum absolute atomic E-state index is 6.08. The van der Waals surface area contributed by atoms with Crippen LogP contribution in [-0.4, -0.2) is 36.7 Å². The van der Waals surface area contributed by atoms with Crippen LogP contribution in [0, 0.1) is 0 Å². The molecule has 2 N–H and O–H groups in total. The lowest BCUT2D eigenvalue weighted by Crippen LogP contribution is -2.49. The summed E-state index contributed by atoms with van der Waals surface area (Å²) in [4.78, 5) is 2.38. The zero-order valence-electron chi connectivity index (χ0n) is 11.4. The monoisotopic (exact) mass is 348 g/mol. The summed E-state index contributed by atoms with van der Waals surface area (Å²) in [5.74, 6) is 0. The van der Waals surface area contributed by atoms with E-state index in [-0.39, 0.29) is 24.0 Å². The number of hydrogen-bond acceptors (Lipinski definition) is 3. The van der Waals surface area contributed by atoms with Crippen LogP contribution in [0.5, 0.6) is 0 Å². The van der Waals surface area contributed by atoms with Gasteiger partial charge in [-0.1, -0.05) is 28.1 Å². The number of nitrogens with two attached hydrogens (primary N) is 1. The molecular weight excluding hydrogens is 328 g/mol. The van der Waals surface area contributed by atoms with Crippen LogP contribution in [0.15, 0.2) is 28.7 Å². The maximum Gasteiger partial charge on any atom is 0.0952 e. The highest BCUT2D eigenvalue weighted by Gasteiger charge is 2.25. The minimum atomic E-state index is -0.154. The second-order valence-corrected chi connectivity index (χ2v) is 6.55. The normalized spacial score (nSPS) is 20.9. The number of rotatable bonds is 3. The third-order valence-electron chi connectivity index (χ3n) is 3.00. The van der Waals surface area contributed by atoms with Crippen molar-refractivity contribution in [1.82, 2.24) is 4.90 Å². The molecule has 108 valence electrons. The molecule has 0 aromatic heterocycles. The van der Waals surface area contributed by atoms with E-state index >= 15 is 0 Å². The summed E-state index contributed by atoms with van der Waals surface area (Å²) in [5, 5.41) is 0. The standard InChI is InChI=1S/C14H21BrN2O.ClH/c1-14(2,16)10-17-6-7-18-13(9-17)11-4-3-5-12(15)8-11;/h3-5,8,13H,6-7,9-10,16H2,1-2H3;1H. The van der Waals surface area contributed by atoms with Gasteiger partial charge in [-0.25, -0.2) is 0 Å².